The normalized spacial score (nSPS) is 11.6. The molecule has 0 atom stereocenters. The average Bonchev–Trinajstić information content (AvgIpc) is 3.40. The number of rotatable bonds is 6. The van der Waals surface area contributed by atoms with Crippen LogP contribution in [0.5, 0.6) is 0 Å². The van der Waals surface area contributed by atoms with Crippen LogP contribution in [0.1, 0.15) is 5.56 Å². The van der Waals surface area contributed by atoms with Crippen LogP contribution in [0.2, 0.25) is 0 Å². The molecule has 0 fully saturated rings. The van der Waals surface area contributed by atoms with Gasteiger partial charge in [-0.2, -0.15) is 5.10 Å². The largest absolute Gasteiger partial charge is 0.452 e. The van der Waals surface area contributed by atoms with Gasteiger partial charge in [-0.15, -0.1) is 0 Å². The van der Waals surface area contributed by atoms with Crippen molar-refractivity contribution in [3.8, 4) is 22.4 Å². The number of sulfonamides is 1. The number of H-pyrrole nitrogens is 1. The average molecular weight is 380 g/mol. The van der Waals surface area contributed by atoms with Crippen molar-refractivity contribution in [1.29, 1.82) is 0 Å². The lowest BCUT2D eigenvalue weighted by atomic mass is 10.0. The number of furan rings is 1. The summed E-state index contributed by atoms with van der Waals surface area (Å²) in [6.07, 6.45) is 6.61. The number of hydrogen-bond acceptors (Lipinski definition) is 5. The Morgan fingerprint density at radius 1 is 1.04 bits per heavy atom. The van der Waals surface area contributed by atoms with Gasteiger partial charge in [-0.3, -0.25) is 10.1 Å². The van der Waals surface area contributed by atoms with Gasteiger partial charge in [0.2, 0.25) is 5.09 Å². The number of aromatic amines is 1. The van der Waals surface area contributed by atoms with Crippen molar-refractivity contribution in [2.75, 3.05) is 0 Å². The van der Waals surface area contributed by atoms with Crippen LogP contribution in [0.4, 0.5) is 0 Å². The summed E-state index contributed by atoms with van der Waals surface area (Å²) in [5.74, 6) is 0. The molecule has 0 saturated heterocycles. The molecule has 0 aliphatic rings. The number of aromatic nitrogens is 3. The molecule has 0 aliphatic carbocycles. The van der Waals surface area contributed by atoms with Crippen molar-refractivity contribution in [3.05, 3.63) is 78.9 Å². The molecule has 136 valence electrons. The Morgan fingerprint density at radius 3 is 2.67 bits per heavy atom. The van der Waals surface area contributed by atoms with E-state index < -0.39 is 10.0 Å². The summed E-state index contributed by atoms with van der Waals surface area (Å²) in [6.45, 7) is 0.145. The summed E-state index contributed by atoms with van der Waals surface area (Å²) < 4.78 is 31.9. The fraction of sp³-hybridized carbons (Fsp3) is 0.0526. The molecule has 3 heterocycles. The second kappa shape index (κ2) is 7.18. The number of nitrogens with zero attached hydrogens (tertiary/aromatic N) is 2. The molecule has 3 aromatic heterocycles. The lowest BCUT2D eigenvalue weighted by Gasteiger charge is -2.07. The third-order valence-corrected chi connectivity index (χ3v) is 5.34. The summed E-state index contributed by atoms with van der Waals surface area (Å²) >= 11 is 0. The van der Waals surface area contributed by atoms with Crippen LogP contribution in [-0.4, -0.2) is 23.6 Å². The highest BCUT2D eigenvalue weighted by Crippen LogP contribution is 2.30. The third-order valence-electron chi connectivity index (χ3n) is 4.06. The van der Waals surface area contributed by atoms with Crippen molar-refractivity contribution in [3.63, 3.8) is 0 Å². The van der Waals surface area contributed by atoms with Gasteiger partial charge in [0, 0.05) is 36.3 Å². The molecule has 0 radical (unpaired) electrons. The SMILES string of the molecule is O=S(=O)(NCc1cccc(-c2n[nH]cc2-c2ccncc2)c1)c1ccco1. The maximum absolute atomic E-state index is 12.2. The molecule has 1 aromatic carbocycles. The molecule has 27 heavy (non-hydrogen) atoms. The lowest BCUT2D eigenvalue weighted by molar-refractivity contribution is 0.445. The Balaban J connectivity index is 1.59. The predicted molar refractivity (Wildman–Crippen MR) is 100.0 cm³/mol. The molecule has 0 bridgehead atoms. The standard InChI is InChI=1S/C19H16N4O3S/c24-27(25,18-5-2-10-26-18)22-12-14-3-1-4-16(11-14)19-17(13-21-23-19)15-6-8-20-9-7-15/h1-11,13,22H,12H2,(H,21,23). The fourth-order valence-electron chi connectivity index (χ4n) is 2.76. The van der Waals surface area contributed by atoms with Crippen LogP contribution >= 0.6 is 0 Å². The Hall–Kier alpha value is -3.23. The molecule has 0 spiro atoms. The number of benzene rings is 1. The van der Waals surface area contributed by atoms with Crippen LogP contribution in [0.3, 0.4) is 0 Å². The number of pyridine rings is 1. The van der Waals surface area contributed by atoms with Crippen molar-refractivity contribution in [2.24, 2.45) is 0 Å². The third kappa shape index (κ3) is 3.67. The van der Waals surface area contributed by atoms with E-state index in [0.29, 0.717) is 0 Å². The van der Waals surface area contributed by atoms with Crippen LogP contribution in [0.25, 0.3) is 22.4 Å². The molecule has 0 saturated carbocycles. The molecule has 0 amide bonds. The van der Waals surface area contributed by atoms with Crippen LogP contribution < -0.4 is 4.72 Å². The van der Waals surface area contributed by atoms with Gasteiger partial charge in [-0.1, -0.05) is 18.2 Å². The minimum absolute atomic E-state index is 0.106. The van der Waals surface area contributed by atoms with Crippen molar-refractivity contribution >= 4 is 10.0 Å². The van der Waals surface area contributed by atoms with Crippen LogP contribution in [-0.2, 0) is 16.6 Å². The zero-order valence-corrected chi connectivity index (χ0v) is 15.0. The minimum atomic E-state index is -3.68. The maximum Gasteiger partial charge on any atom is 0.274 e. The van der Waals surface area contributed by atoms with Gasteiger partial charge >= 0.3 is 0 Å². The van der Waals surface area contributed by atoms with E-state index in [2.05, 4.69) is 19.9 Å². The first-order valence-electron chi connectivity index (χ1n) is 8.20. The molecular formula is C19H16N4O3S. The molecule has 2 N–H and O–H groups in total. The van der Waals surface area contributed by atoms with E-state index >= 15 is 0 Å². The molecule has 0 aliphatic heterocycles. The molecule has 7 nitrogen and oxygen atoms in total. The minimum Gasteiger partial charge on any atom is -0.452 e. The van der Waals surface area contributed by atoms with Crippen molar-refractivity contribution < 1.29 is 12.8 Å². The number of hydrogen-bond donors (Lipinski definition) is 2. The maximum atomic E-state index is 12.2. The summed E-state index contributed by atoms with van der Waals surface area (Å²) in [4.78, 5) is 4.04. The first kappa shape index (κ1) is 17.2. The van der Waals surface area contributed by atoms with Gasteiger partial charge in [0.25, 0.3) is 10.0 Å². The first-order chi connectivity index (χ1) is 13.1. The zero-order valence-electron chi connectivity index (χ0n) is 14.2. The van der Waals surface area contributed by atoms with E-state index in [1.807, 2.05) is 42.6 Å². The molecule has 8 heteroatoms. The van der Waals surface area contributed by atoms with Gasteiger partial charge in [-0.25, -0.2) is 13.1 Å². The lowest BCUT2D eigenvalue weighted by Crippen LogP contribution is -2.22. The highest BCUT2D eigenvalue weighted by Gasteiger charge is 2.17. The van der Waals surface area contributed by atoms with E-state index in [1.165, 1.54) is 18.4 Å². The Bertz CT molecular complexity index is 1140. The zero-order chi connectivity index (χ0) is 18.7. The fourth-order valence-corrected chi connectivity index (χ4v) is 3.69. The molecular weight excluding hydrogens is 364 g/mol. The Kier molecular flexibility index (Phi) is 4.57. The number of nitrogens with one attached hydrogen (secondary N) is 2. The highest BCUT2D eigenvalue weighted by molar-refractivity contribution is 7.89. The second-order valence-electron chi connectivity index (χ2n) is 5.84. The molecule has 4 aromatic rings. The van der Waals surface area contributed by atoms with E-state index in [1.54, 1.807) is 12.4 Å². The topological polar surface area (TPSA) is 101 Å². The highest BCUT2D eigenvalue weighted by atomic mass is 32.2. The Morgan fingerprint density at radius 2 is 1.89 bits per heavy atom. The molecule has 4 rings (SSSR count). The van der Waals surface area contributed by atoms with Gasteiger partial charge in [0.05, 0.1) is 12.0 Å². The van der Waals surface area contributed by atoms with Crippen molar-refractivity contribution in [2.45, 2.75) is 11.6 Å². The Labute approximate surface area is 156 Å². The van der Waals surface area contributed by atoms with Crippen molar-refractivity contribution in [1.82, 2.24) is 19.9 Å². The van der Waals surface area contributed by atoms with Gasteiger partial charge in [0.15, 0.2) is 0 Å². The van der Waals surface area contributed by atoms with Crippen LogP contribution in [0, 0.1) is 0 Å². The quantitative estimate of drug-likeness (QED) is 0.535. The summed E-state index contributed by atoms with van der Waals surface area (Å²) in [6, 6.07) is 14.3. The van der Waals surface area contributed by atoms with E-state index in [0.717, 1.165) is 27.9 Å². The van der Waals surface area contributed by atoms with E-state index in [-0.39, 0.29) is 11.6 Å². The van der Waals surface area contributed by atoms with Gasteiger partial charge in [0.1, 0.15) is 0 Å². The summed E-state index contributed by atoms with van der Waals surface area (Å²) in [5.41, 5.74) is 4.43. The second-order valence-corrected chi connectivity index (χ2v) is 7.54. The smallest absolute Gasteiger partial charge is 0.274 e. The van der Waals surface area contributed by atoms with Gasteiger partial charge in [-0.05, 0) is 41.5 Å². The van der Waals surface area contributed by atoms with E-state index in [4.69, 9.17) is 4.42 Å². The monoisotopic (exact) mass is 380 g/mol. The predicted octanol–water partition coefficient (Wildman–Crippen LogP) is 3.21. The molecule has 0 unspecified atom stereocenters. The summed E-state index contributed by atoms with van der Waals surface area (Å²) in [7, 11) is -3.68. The van der Waals surface area contributed by atoms with E-state index in [9.17, 15) is 8.42 Å². The van der Waals surface area contributed by atoms with Crippen LogP contribution in [0.15, 0.2) is 82.9 Å². The van der Waals surface area contributed by atoms with Gasteiger partial charge < -0.3 is 4.42 Å². The summed E-state index contributed by atoms with van der Waals surface area (Å²) in [5, 5.41) is 7.14. The first-order valence-corrected chi connectivity index (χ1v) is 9.68.